The summed E-state index contributed by atoms with van der Waals surface area (Å²) in [5.74, 6) is 0.510. The molecule has 0 saturated heterocycles. The number of nitrogens with two attached hydrogens (primary N) is 1. The molecular weight excluding hydrogens is 386 g/mol. The smallest absolute Gasteiger partial charge is 0.316 e. The molecule has 3 N–H and O–H groups in total. The number of rotatable bonds is 7. The second kappa shape index (κ2) is 9.38. The van der Waals surface area contributed by atoms with Crippen molar-refractivity contribution < 1.29 is 9.53 Å². The van der Waals surface area contributed by atoms with Gasteiger partial charge in [-0.15, -0.1) is 11.8 Å². The molecule has 2 aromatic carbocycles. The average Bonchev–Trinajstić information content (AvgIpc) is 2.69. The summed E-state index contributed by atoms with van der Waals surface area (Å²) in [6, 6.07) is 13.9. The van der Waals surface area contributed by atoms with E-state index in [0.29, 0.717) is 5.95 Å². The van der Waals surface area contributed by atoms with Crippen molar-refractivity contribution in [1.29, 1.82) is 0 Å². The number of hydrogen-bond acceptors (Lipinski definition) is 8. The first-order valence-electron chi connectivity index (χ1n) is 9.09. The molecule has 0 aliphatic rings. The summed E-state index contributed by atoms with van der Waals surface area (Å²) in [5.41, 5.74) is 10.1. The minimum atomic E-state index is -0.347. The number of nitrogens with zero attached hydrogens (tertiary/aromatic N) is 3. The van der Waals surface area contributed by atoms with E-state index in [1.807, 2.05) is 50.2 Å². The second-order valence-corrected chi connectivity index (χ2v) is 7.67. The van der Waals surface area contributed by atoms with Crippen LogP contribution in [0.4, 0.5) is 17.6 Å². The highest BCUT2D eigenvalue weighted by atomic mass is 32.2. The molecule has 0 spiro atoms. The van der Waals surface area contributed by atoms with Gasteiger partial charge in [0.1, 0.15) is 0 Å². The van der Waals surface area contributed by atoms with Crippen molar-refractivity contribution in [3.05, 3.63) is 65.0 Å². The number of esters is 1. The molecule has 0 unspecified atom stereocenters. The van der Waals surface area contributed by atoms with E-state index in [1.54, 1.807) is 0 Å². The molecule has 1 aromatic heterocycles. The van der Waals surface area contributed by atoms with Gasteiger partial charge in [0.05, 0.1) is 5.75 Å². The summed E-state index contributed by atoms with van der Waals surface area (Å²) in [5, 5.41) is 3.07. The number of carbonyl (C=O) groups is 1. The molecule has 0 saturated carbocycles. The molecule has 1 heterocycles. The maximum Gasteiger partial charge on any atom is 0.316 e. The minimum Gasteiger partial charge on any atom is -0.457 e. The molecule has 3 aromatic rings. The third kappa shape index (κ3) is 6.18. The summed E-state index contributed by atoms with van der Waals surface area (Å²) in [6.07, 6.45) is 0. The SMILES string of the molecule is Cc1ccc(Nc2nc(N)nc(COC(=O)CSc3ccc(C)c(C)c3)n2)cc1. The van der Waals surface area contributed by atoms with Crippen molar-refractivity contribution in [1.82, 2.24) is 15.0 Å². The molecule has 0 bridgehead atoms. The van der Waals surface area contributed by atoms with Crippen LogP contribution in [0.15, 0.2) is 47.4 Å². The Balaban J connectivity index is 1.55. The van der Waals surface area contributed by atoms with Crippen LogP contribution in [0.1, 0.15) is 22.5 Å². The molecule has 0 atom stereocenters. The third-order valence-electron chi connectivity index (χ3n) is 4.20. The lowest BCUT2D eigenvalue weighted by molar-refractivity contribution is -0.141. The fourth-order valence-electron chi connectivity index (χ4n) is 2.46. The van der Waals surface area contributed by atoms with Crippen molar-refractivity contribution >= 4 is 35.3 Å². The van der Waals surface area contributed by atoms with Gasteiger partial charge in [0.2, 0.25) is 11.9 Å². The summed E-state index contributed by atoms with van der Waals surface area (Å²) < 4.78 is 5.28. The molecule has 0 fully saturated rings. The van der Waals surface area contributed by atoms with Crippen LogP contribution < -0.4 is 11.1 Å². The molecule has 0 radical (unpaired) electrons. The van der Waals surface area contributed by atoms with Gasteiger partial charge in [-0.2, -0.15) is 15.0 Å². The first-order valence-corrected chi connectivity index (χ1v) is 10.1. The first-order chi connectivity index (χ1) is 13.9. The van der Waals surface area contributed by atoms with Gasteiger partial charge in [-0.3, -0.25) is 4.79 Å². The topological polar surface area (TPSA) is 103 Å². The van der Waals surface area contributed by atoms with Gasteiger partial charge in [-0.05, 0) is 56.2 Å². The number of hydrogen-bond donors (Lipinski definition) is 2. The minimum absolute atomic E-state index is 0.0603. The molecule has 3 rings (SSSR count). The molecular formula is C21H23N5O2S. The molecule has 8 heteroatoms. The predicted molar refractivity (Wildman–Crippen MR) is 115 cm³/mol. The molecule has 29 heavy (non-hydrogen) atoms. The summed E-state index contributed by atoms with van der Waals surface area (Å²) in [4.78, 5) is 25.5. The van der Waals surface area contributed by atoms with Gasteiger partial charge in [0.15, 0.2) is 12.4 Å². The van der Waals surface area contributed by atoms with Crippen LogP contribution in [0.5, 0.6) is 0 Å². The van der Waals surface area contributed by atoms with E-state index in [-0.39, 0.29) is 30.1 Å². The Hall–Kier alpha value is -3.13. The van der Waals surface area contributed by atoms with Crippen molar-refractivity contribution in [2.24, 2.45) is 0 Å². The lowest BCUT2D eigenvalue weighted by Crippen LogP contribution is -2.12. The highest BCUT2D eigenvalue weighted by Crippen LogP contribution is 2.21. The van der Waals surface area contributed by atoms with Crippen LogP contribution in [0.3, 0.4) is 0 Å². The lowest BCUT2D eigenvalue weighted by Gasteiger charge is -2.08. The monoisotopic (exact) mass is 409 g/mol. The zero-order valence-electron chi connectivity index (χ0n) is 16.6. The Bertz CT molecular complexity index is 1010. The number of thioether (sulfide) groups is 1. The highest BCUT2D eigenvalue weighted by Gasteiger charge is 2.10. The largest absolute Gasteiger partial charge is 0.457 e. The van der Waals surface area contributed by atoms with Crippen molar-refractivity contribution in [2.75, 3.05) is 16.8 Å². The fourth-order valence-corrected chi connectivity index (χ4v) is 3.25. The summed E-state index contributed by atoms with van der Waals surface area (Å²) in [7, 11) is 0. The molecule has 0 aliphatic carbocycles. The standard InChI is InChI=1S/C21H23N5O2S/c1-13-4-7-16(8-5-13)23-21-25-18(24-20(22)26-21)11-28-19(27)12-29-17-9-6-14(2)15(3)10-17/h4-10H,11-12H2,1-3H3,(H3,22,23,24,25,26). The van der Waals surface area contributed by atoms with E-state index in [4.69, 9.17) is 10.5 Å². The molecule has 7 nitrogen and oxygen atoms in total. The lowest BCUT2D eigenvalue weighted by atomic mass is 10.1. The van der Waals surface area contributed by atoms with Crippen LogP contribution in [0.25, 0.3) is 0 Å². The van der Waals surface area contributed by atoms with Crippen LogP contribution in [0, 0.1) is 20.8 Å². The number of aromatic nitrogens is 3. The van der Waals surface area contributed by atoms with Gasteiger partial charge >= 0.3 is 5.97 Å². The third-order valence-corrected chi connectivity index (χ3v) is 5.17. The Morgan fingerprint density at radius 2 is 1.79 bits per heavy atom. The number of nitrogens with one attached hydrogen (secondary N) is 1. The molecule has 150 valence electrons. The van der Waals surface area contributed by atoms with Gasteiger partial charge in [0.25, 0.3) is 0 Å². The zero-order valence-corrected chi connectivity index (χ0v) is 17.4. The number of nitrogen functional groups attached to an aromatic ring is 1. The van der Waals surface area contributed by atoms with Crippen LogP contribution in [0.2, 0.25) is 0 Å². The summed E-state index contributed by atoms with van der Waals surface area (Å²) >= 11 is 1.43. The van der Waals surface area contributed by atoms with Gasteiger partial charge in [-0.1, -0.05) is 23.8 Å². The van der Waals surface area contributed by atoms with Crippen molar-refractivity contribution in [3.8, 4) is 0 Å². The Morgan fingerprint density at radius 3 is 2.52 bits per heavy atom. The van der Waals surface area contributed by atoms with Gasteiger partial charge < -0.3 is 15.8 Å². The maximum absolute atomic E-state index is 12.1. The number of benzene rings is 2. The number of ether oxygens (including phenoxy) is 1. The van der Waals surface area contributed by atoms with Crippen molar-refractivity contribution in [3.63, 3.8) is 0 Å². The first kappa shape index (κ1) is 20.6. The number of aryl methyl sites for hydroxylation is 3. The van der Waals surface area contributed by atoms with E-state index in [2.05, 4.69) is 33.3 Å². The predicted octanol–water partition coefficient (Wildman–Crippen LogP) is 3.96. The van der Waals surface area contributed by atoms with E-state index in [1.165, 1.54) is 22.9 Å². The van der Waals surface area contributed by atoms with Gasteiger partial charge in [-0.25, -0.2) is 0 Å². The maximum atomic E-state index is 12.1. The van der Waals surface area contributed by atoms with Crippen LogP contribution in [-0.4, -0.2) is 26.7 Å². The number of carbonyl (C=O) groups excluding carboxylic acids is 1. The van der Waals surface area contributed by atoms with E-state index < -0.39 is 0 Å². The van der Waals surface area contributed by atoms with E-state index in [0.717, 1.165) is 16.1 Å². The second-order valence-electron chi connectivity index (χ2n) is 6.62. The van der Waals surface area contributed by atoms with Crippen LogP contribution >= 0.6 is 11.8 Å². The average molecular weight is 410 g/mol. The van der Waals surface area contributed by atoms with Crippen LogP contribution in [-0.2, 0) is 16.1 Å². The normalized spacial score (nSPS) is 10.6. The van der Waals surface area contributed by atoms with Gasteiger partial charge in [0, 0.05) is 10.6 Å². The molecule has 0 aliphatic heterocycles. The highest BCUT2D eigenvalue weighted by molar-refractivity contribution is 8.00. The molecule has 0 amide bonds. The van der Waals surface area contributed by atoms with E-state index in [9.17, 15) is 4.79 Å². The van der Waals surface area contributed by atoms with Crippen molar-refractivity contribution in [2.45, 2.75) is 32.3 Å². The summed E-state index contributed by atoms with van der Waals surface area (Å²) in [6.45, 7) is 6.04. The van der Waals surface area contributed by atoms with E-state index >= 15 is 0 Å². The fraction of sp³-hybridized carbons (Fsp3) is 0.238. The Labute approximate surface area is 174 Å². The Kier molecular flexibility index (Phi) is 6.66. The zero-order chi connectivity index (χ0) is 20.8. The number of anilines is 3. The quantitative estimate of drug-likeness (QED) is 0.446. The Morgan fingerprint density at radius 1 is 1.03 bits per heavy atom.